The molecule has 100 valence electrons. The van der Waals surface area contributed by atoms with E-state index in [4.69, 9.17) is 4.74 Å². The lowest BCUT2D eigenvalue weighted by atomic mass is 9.51. The smallest absolute Gasteiger partial charge is 0.311 e. The first-order chi connectivity index (χ1) is 9.10. The predicted molar refractivity (Wildman–Crippen MR) is 78.4 cm³/mol. The Hall–Kier alpha value is -1.25. The lowest BCUT2D eigenvalue weighted by Gasteiger charge is -2.52. The van der Waals surface area contributed by atoms with Gasteiger partial charge in [-0.05, 0) is 49.5 Å². The molecule has 0 aromatic heterocycles. The normalized spacial score (nSPS) is 33.1. The number of hydrogen-bond acceptors (Lipinski definition) is 2. The van der Waals surface area contributed by atoms with Crippen LogP contribution in [-0.4, -0.2) is 20.9 Å². The van der Waals surface area contributed by atoms with Gasteiger partial charge in [0.2, 0.25) is 0 Å². The Bertz CT molecular complexity index is 485. The zero-order chi connectivity index (χ0) is 13.5. The van der Waals surface area contributed by atoms with Gasteiger partial charge >= 0.3 is 5.97 Å². The summed E-state index contributed by atoms with van der Waals surface area (Å²) < 4.78 is 5.03. The summed E-state index contributed by atoms with van der Waals surface area (Å²) in [7, 11) is 3.68. The van der Waals surface area contributed by atoms with Gasteiger partial charge in [0.15, 0.2) is 0 Å². The largest absolute Gasteiger partial charge is 0.469 e. The maximum absolute atomic E-state index is 12.0. The number of rotatable bonds is 2. The monoisotopic (exact) mass is 256 g/mol. The molecule has 0 aliphatic heterocycles. The molecule has 0 atom stereocenters. The quantitative estimate of drug-likeness (QED) is 0.594. The van der Waals surface area contributed by atoms with Crippen molar-refractivity contribution in [3.63, 3.8) is 0 Å². The molecule has 3 fully saturated rings. The molecule has 0 radical (unpaired) electrons. The molecular weight excluding hydrogens is 235 g/mol. The van der Waals surface area contributed by atoms with Crippen molar-refractivity contribution in [2.45, 2.75) is 43.9 Å². The van der Waals surface area contributed by atoms with Crippen molar-refractivity contribution in [2.75, 3.05) is 7.11 Å². The fourth-order valence-electron chi connectivity index (χ4n) is 4.12. The molecule has 0 heterocycles. The second kappa shape index (κ2) is 4.40. The van der Waals surface area contributed by atoms with Crippen LogP contribution in [0.15, 0.2) is 24.3 Å². The van der Waals surface area contributed by atoms with Crippen molar-refractivity contribution >= 4 is 19.3 Å². The van der Waals surface area contributed by atoms with Crippen molar-refractivity contribution in [2.24, 2.45) is 5.41 Å². The average molecular weight is 256 g/mol. The van der Waals surface area contributed by atoms with Crippen molar-refractivity contribution < 1.29 is 9.53 Å². The standard InChI is InChI=1S/C16H21BO2/c1-19-14(18)16-8-5-15(6-9-16,7-10-16)12-3-2-4-13(17)11-12/h2-4,11H,5-10,17H2,1H3. The minimum atomic E-state index is -0.166. The molecule has 0 spiro atoms. The number of carbonyl (C=O) groups is 1. The molecule has 0 saturated heterocycles. The highest BCUT2D eigenvalue weighted by atomic mass is 16.5. The molecule has 0 N–H and O–H groups in total. The van der Waals surface area contributed by atoms with Crippen LogP contribution in [0.25, 0.3) is 0 Å². The number of ether oxygens (including phenoxy) is 1. The Labute approximate surface area is 115 Å². The molecule has 0 amide bonds. The Balaban J connectivity index is 1.87. The highest BCUT2D eigenvalue weighted by molar-refractivity contribution is 6.32. The maximum atomic E-state index is 12.0. The van der Waals surface area contributed by atoms with E-state index < -0.39 is 0 Å². The number of carbonyl (C=O) groups excluding carboxylic acids is 1. The van der Waals surface area contributed by atoms with Crippen LogP contribution in [0.4, 0.5) is 0 Å². The van der Waals surface area contributed by atoms with Gasteiger partial charge in [0.25, 0.3) is 0 Å². The number of benzene rings is 1. The zero-order valence-electron chi connectivity index (χ0n) is 11.9. The van der Waals surface area contributed by atoms with Crippen LogP contribution in [0, 0.1) is 5.41 Å². The van der Waals surface area contributed by atoms with Gasteiger partial charge in [0, 0.05) is 0 Å². The summed E-state index contributed by atoms with van der Waals surface area (Å²) in [6.07, 6.45) is 6.37. The Morgan fingerprint density at radius 1 is 1.16 bits per heavy atom. The van der Waals surface area contributed by atoms with Gasteiger partial charge in [-0.3, -0.25) is 4.79 Å². The molecule has 4 rings (SSSR count). The molecule has 3 saturated carbocycles. The lowest BCUT2D eigenvalue weighted by Crippen LogP contribution is -2.48. The van der Waals surface area contributed by atoms with Crippen LogP contribution >= 0.6 is 0 Å². The van der Waals surface area contributed by atoms with Gasteiger partial charge in [-0.25, -0.2) is 0 Å². The summed E-state index contributed by atoms with van der Waals surface area (Å²) in [5.74, 6) is 0.0186. The van der Waals surface area contributed by atoms with Gasteiger partial charge in [0.05, 0.1) is 12.5 Å². The van der Waals surface area contributed by atoms with Gasteiger partial charge in [0.1, 0.15) is 7.85 Å². The zero-order valence-corrected chi connectivity index (χ0v) is 11.9. The van der Waals surface area contributed by atoms with E-state index in [0.717, 1.165) is 38.5 Å². The first kappa shape index (κ1) is 12.8. The molecule has 1 aromatic carbocycles. The van der Waals surface area contributed by atoms with Crippen molar-refractivity contribution in [1.29, 1.82) is 0 Å². The average Bonchev–Trinajstić information content (AvgIpc) is 2.48. The van der Waals surface area contributed by atoms with Gasteiger partial charge < -0.3 is 4.74 Å². The first-order valence-electron chi connectivity index (χ1n) is 7.26. The summed E-state index contributed by atoms with van der Waals surface area (Å²) >= 11 is 0. The lowest BCUT2D eigenvalue weighted by molar-refractivity contribution is -0.160. The number of methoxy groups -OCH3 is 1. The van der Waals surface area contributed by atoms with Crippen LogP contribution in [0.2, 0.25) is 0 Å². The second-order valence-electron chi connectivity index (χ2n) is 6.42. The molecular formula is C16H21BO2. The third-order valence-electron chi connectivity index (χ3n) is 5.50. The summed E-state index contributed by atoms with van der Waals surface area (Å²) in [5.41, 5.74) is 2.97. The summed E-state index contributed by atoms with van der Waals surface area (Å²) in [5, 5.41) is 0. The van der Waals surface area contributed by atoms with E-state index in [2.05, 4.69) is 32.1 Å². The van der Waals surface area contributed by atoms with E-state index in [1.807, 2.05) is 0 Å². The van der Waals surface area contributed by atoms with E-state index in [0.29, 0.717) is 5.41 Å². The minimum absolute atomic E-state index is 0.0186. The molecule has 19 heavy (non-hydrogen) atoms. The second-order valence-corrected chi connectivity index (χ2v) is 6.42. The Morgan fingerprint density at radius 2 is 1.79 bits per heavy atom. The Morgan fingerprint density at radius 3 is 2.32 bits per heavy atom. The molecule has 1 aromatic rings. The first-order valence-corrected chi connectivity index (χ1v) is 7.26. The highest BCUT2D eigenvalue weighted by Gasteiger charge is 2.53. The van der Waals surface area contributed by atoms with Crippen molar-refractivity contribution in [3.05, 3.63) is 29.8 Å². The van der Waals surface area contributed by atoms with Crippen LogP contribution in [-0.2, 0) is 14.9 Å². The van der Waals surface area contributed by atoms with Crippen LogP contribution in [0.3, 0.4) is 0 Å². The van der Waals surface area contributed by atoms with Crippen LogP contribution in [0.1, 0.15) is 44.1 Å². The van der Waals surface area contributed by atoms with E-state index in [-0.39, 0.29) is 11.4 Å². The van der Waals surface area contributed by atoms with Crippen LogP contribution < -0.4 is 5.46 Å². The molecule has 2 bridgehead atoms. The van der Waals surface area contributed by atoms with E-state index >= 15 is 0 Å². The minimum Gasteiger partial charge on any atom is -0.469 e. The third-order valence-corrected chi connectivity index (χ3v) is 5.50. The summed E-state index contributed by atoms with van der Waals surface area (Å²) in [6.45, 7) is 0. The highest BCUT2D eigenvalue weighted by Crippen LogP contribution is 2.57. The van der Waals surface area contributed by atoms with E-state index in [1.54, 1.807) is 0 Å². The van der Waals surface area contributed by atoms with Gasteiger partial charge in [-0.2, -0.15) is 0 Å². The molecule has 3 aliphatic rings. The maximum Gasteiger partial charge on any atom is 0.311 e. The fraction of sp³-hybridized carbons (Fsp3) is 0.562. The number of esters is 1. The SMILES string of the molecule is Bc1cccc(C23CCC(C(=O)OC)(CC2)CC3)c1. The van der Waals surface area contributed by atoms with Crippen molar-refractivity contribution in [3.8, 4) is 0 Å². The summed E-state index contributed by atoms with van der Waals surface area (Å²) in [4.78, 5) is 12.0. The number of hydrogen-bond donors (Lipinski definition) is 0. The molecule has 3 heteroatoms. The van der Waals surface area contributed by atoms with Crippen molar-refractivity contribution in [1.82, 2.24) is 0 Å². The summed E-state index contributed by atoms with van der Waals surface area (Å²) in [6, 6.07) is 8.92. The van der Waals surface area contributed by atoms with Gasteiger partial charge in [-0.15, -0.1) is 0 Å². The molecule has 2 nitrogen and oxygen atoms in total. The van der Waals surface area contributed by atoms with Crippen LogP contribution in [0.5, 0.6) is 0 Å². The molecule has 0 unspecified atom stereocenters. The number of fused-ring (bicyclic) bond motifs is 3. The topological polar surface area (TPSA) is 26.3 Å². The van der Waals surface area contributed by atoms with E-state index in [1.165, 1.54) is 18.1 Å². The fourth-order valence-corrected chi connectivity index (χ4v) is 4.12. The third kappa shape index (κ3) is 1.91. The molecule has 3 aliphatic carbocycles. The Kier molecular flexibility index (Phi) is 2.96. The van der Waals surface area contributed by atoms with E-state index in [9.17, 15) is 4.79 Å². The van der Waals surface area contributed by atoms with Gasteiger partial charge in [-0.1, -0.05) is 29.7 Å². The predicted octanol–water partition coefficient (Wildman–Crippen LogP) is 1.71.